The number of rotatable bonds is 1. The van der Waals surface area contributed by atoms with Crippen molar-refractivity contribution in [3.8, 4) is 0 Å². The second-order valence-electron chi connectivity index (χ2n) is 4.58. The molecule has 0 radical (unpaired) electrons. The average Bonchev–Trinajstić information content (AvgIpc) is 2.29. The van der Waals surface area contributed by atoms with Crippen LogP contribution in [0.1, 0.15) is 27.2 Å². The lowest BCUT2D eigenvalue weighted by Crippen LogP contribution is -2.42. The predicted octanol–water partition coefficient (Wildman–Crippen LogP) is 1.38. The number of hydrogen-bond acceptors (Lipinski definition) is 3. The van der Waals surface area contributed by atoms with E-state index in [0.29, 0.717) is 6.42 Å². The Balaban J connectivity index is 2.61. The molecule has 0 amide bonds. The second kappa shape index (κ2) is 3.56. The van der Waals surface area contributed by atoms with Crippen LogP contribution in [0.4, 0.5) is 0 Å². The summed E-state index contributed by atoms with van der Waals surface area (Å²) in [6.45, 7) is 5.79. The monoisotopic (exact) mass is 204 g/mol. The van der Waals surface area contributed by atoms with E-state index in [9.17, 15) is 4.79 Å². The van der Waals surface area contributed by atoms with Gasteiger partial charge in [-0.05, 0) is 0 Å². The highest BCUT2D eigenvalue weighted by Crippen LogP contribution is 2.24. The predicted molar refractivity (Wildman–Crippen MR) is 53.4 cm³/mol. The van der Waals surface area contributed by atoms with Crippen molar-refractivity contribution in [3.05, 3.63) is 0 Å². The Kier molecular flexibility index (Phi) is 3.00. The van der Waals surface area contributed by atoms with Crippen molar-refractivity contribution in [1.82, 2.24) is 10.4 Å². The number of nitrogens with zero attached hydrogens (tertiary/aromatic N) is 1. The Morgan fingerprint density at radius 3 is 2.38 bits per heavy atom. The quantitative estimate of drug-likeness (QED) is 0.518. The molecule has 0 saturated carbocycles. The highest BCUT2D eigenvalue weighted by Gasteiger charge is 2.37. The summed E-state index contributed by atoms with van der Waals surface area (Å²) >= 11 is 5.96. The van der Waals surface area contributed by atoms with Gasteiger partial charge in [-0.25, -0.2) is 10.4 Å². The van der Waals surface area contributed by atoms with Crippen molar-refractivity contribution in [3.63, 3.8) is 0 Å². The highest BCUT2D eigenvalue weighted by molar-refractivity contribution is 6.20. The van der Waals surface area contributed by atoms with Crippen molar-refractivity contribution in [2.45, 2.75) is 38.7 Å². The number of hydrogen-bond donors (Lipinski definition) is 1. The van der Waals surface area contributed by atoms with Crippen molar-refractivity contribution in [1.29, 1.82) is 0 Å². The van der Waals surface area contributed by atoms with Crippen molar-refractivity contribution >= 4 is 17.4 Å². The molecule has 0 aromatic heterocycles. The molecule has 1 N–H and O–H groups in total. The Labute approximate surface area is 84.4 Å². The molecule has 0 aliphatic carbocycles. The lowest BCUT2D eigenvalue weighted by Gasteiger charge is -2.21. The van der Waals surface area contributed by atoms with Crippen LogP contribution in [-0.2, 0) is 4.79 Å². The number of halogens is 1. The summed E-state index contributed by atoms with van der Waals surface area (Å²) in [6, 6.07) is -0.118. The minimum absolute atomic E-state index is 0.0729. The molecule has 1 rings (SSSR count). The molecule has 0 bridgehead atoms. The summed E-state index contributed by atoms with van der Waals surface area (Å²) in [4.78, 5) is 11.8. The first-order valence-corrected chi connectivity index (χ1v) is 4.93. The minimum atomic E-state index is -0.292. The molecule has 0 spiro atoms. The fraction of sp³-hybridized carbons (Fsp3) is 0.889. The third kappa shape index (κ3) is 2.42. The van der Waals surface area contributed by atoms with Gasteiger partial charge in [0, 0.05) is 18.9 Å². The molecule has 1 heterocycles. The van der Waals surface area contributed by atoms with Gasteiger partial charge in [-0.2, -0.15) is 0 Å². The molecule has 1 fully saturated rings. The van der Waals surface area contributed by atoms with E-state index in [2.05, 4.69) is 5.43 Å². The smallest absolute Gasteiger partial charge is 0.156 e. The van der Waals surface area contributed by atoms with Gasteiger partial charge in [-0.3, -0.25) is 4.79 Å². The minimum Gasteiger partial charge on any atom is -0.297 e. The molecule has 1 aliphatic heterocycles. The highest BCUT2D eigenvalue weighted by atomic mass is 35.5. The second-order valence-corrected chi connectivity index (χ2v) is 5.08. The topological polar surface area (TPSA) is 32.3 Å². The van der Waals surface area contributed by atoms with Crippen LogP contribution in [0, 0.1) is 5.41 Å². The molecule has 4 heteroatoms. The Morgan fingerprint density at radius 2 is 2.08 bits per heavy atom. The number of hydrazine groups is 1. The Hall–Kier alpha value is -0.120. The number of carbonyl (C=O) groups is 1. The van der Waals surface area contributed by atoms with Gasteiger partial charge in [0.2, 0.25) is 0 Å². The molecular formula is C9H17ClN2O. The van der Waals surface area contributed by atoms with Crippen LogP contribution < -0.4 is 5.43 Å². The van der Waals surface area contributed by atoms with Gasteiger partial charge in [0.15, 0.2) is 5.78 Å². The number of carbonyl (C=O) groups excluding carboxylic acids is 1. The summed E-state index contributed by atoms with van der Waals surface area (Å²) in [7, 11) is 1.85. The first-order chi connectivity index (χ1) is 5.82. The zero-order valence-corrected chi connectivity index (χ0v) is 9.35. The summed E-state index contributed by atoms with van der Waals surface area (Å²) in [5.41, 5.74) is 2.70. The Bertz CT molecular complexity index is 202. The van der Waals surface area contributed by atoms with E-state index in [1.165, 1.54) is 0 Å². The lowest BCUT2D eigenvalue weighted by molar-refractivity contribution is -0.128. The maximum Gasteiger partial charge on any atom is 0.156 e. The Morgan fingerprint density at radius 1 is 1.54 bits per heavy atom. The summed E-state index contributed by atoms with van der Waals surface area (Å²) in [5.74, 6) is 0.225. The van der Waals surface area contributed by atoms with Crippen molar-refractivity contribution < 1.29 is 4.79 Å². The van der Waals surface area contributed by atoms with Crippen LogP contribution in [-0.4, -0.2) is 29.4 Å². The van der Waals surface area contributed by atoms with Gasteiger partial charge in [-0.15, -0.1) is 11.6 Å². The zero-order chi connectivity index (χ0) is 10.2. The first kappa shape index (κ1) is 11.0. The van der Waals surface area contributed by atoms with Crippen molar-refractivity contribution in [2.24, 2.45) is 5.41 Å². The molecule has 2 unspecified atom stereocenters. The van der Waals surface area contributed by atoms with E-state index in [4.69, 9.17) is 11.6 Å². The number of alkyl halides is 1. The molecule has 0 aromatic rings. The molecule has 1 saturated heterocycles. The van der Waals surface area contributed by atoms with Crippen LogP contribution in [0.3, 0.4) is 0 Å². The fourth-order valence-corrected chi connectivity index (χ4v) is 1.65. The van der Waals surface area contributed by atoms with Gasteiger partial charge >= 0.3 is 0 Å². The summed E-state index contributed by atoms with van der Waals surface area (Å²) in [5, 5.41) is 1.79. The van der Waals surface area contributed by atoms with Gasteiger partial charge in [0.1, 0.15) is 0 Å². The zero-order valence-electron chi connectivity index (χ0n) is 8.60. The van der Waals surface area contributed by atoms with Gasteiger partial charge in [0.25, 0.3) is 0 Å². The molecule has 3 nitrogen and oxygen atoms in total. The van der Waals surface area contributed by atoms with Crippen LogP contribution in [0.5, 0.6) is 0 Å². The van der Waals surface area contributed by atoms with Crippen LogP contribution in [0.15, 0.2) is 0 Å². The SMILES string of the molecule is CN1NC(C(=O)C(C)(C)C)CC1Cl. The van der Waals surface area contributed by atoms with Crippen LogP contribution >= 0.6 is 11.6 Å². The van der Waals surface area contributed by atoms with E-state index in [1.54, 1.807) is 5.01 Å². The van der Waals surface area contributed by atoms with E-state index >= 15 is 0 Å². The van der Waals surface area contributed by atoms with Crippen molar-refractivity contribution in [2.75, 3.05) is 7.05 Å². The molecule has 1 aliphatic rings. The molecular weight excluding hydrogens is 188 g/mol. The third-order valence-electron chi connectivity index (χ3n) is 2.27. The maximum absolute atomic E-state index is 11.8. The van der Waals surface area contributed by atoms with Gasteiger partial charge in [0.05, 0.1) is 11.5 Å². The summed E-state index contributed by atoms with van der Waals surface area (Å²) in [6.07, 6.45) is 0.689. The average molecular weight is 205 g/mol. The van der Waals surface area contributed by atoms with Gasteiger partial charge in [-0.1, -0.05) is 20.8 Å². The summed E-state index contributed by atoms with van der Waals surface area (Å²) < 4.78 is 0. The fourth-order valence-electron chi connectivity index (χ4n) is 1.42. The maximum atomic E-state index is 11.8. The van der Waals surface area contributed by atoms with E-state index in [1.807, 2.05) is 27.8 Å². The number of Topliss-reactive ketones (excluding diaryl/α,β-unsaturated/α-hetero) is 1. The molecule has 13 heavy (non-hydrogen) atoms. The molecule has 2 atom stereocenters. The van der Waals surface area contributed by atoms with E-state index < -0.39 is 0 Å². The molecule has 0 aromatic carbocycles. The standard InChI is InChI=1S/C9H17ClN2O/c1-9(2,3)8(13)6-5-7(10)12(4)11-6/h6-7,11H,5H2,1-4H3. The van der Waals surface area contributed by atoms with Gasteiger partial charge < -0.3 is 0 Å². The largest absolute Gasteiger partial charge is 0.297 e. The normalized spacial score (nSPS) is 30.8. The third-order valence-corrected chi connectivity index (χ3v) is 2.74. The number of nitrogens with one attached hydrogen (secondary N) is 1. The van der Waals surface area contributed by atoms with Crippen LogP contribution in [0.2, 0.25) is 0 Å². The first-order valence-electron chi connectivity index (χ1n) is 4.50. The van der Waals surface area contributed by atoms with Crippen LogP contribution in [0.25, 0.3) is 0 Å². The molecule has 76 valence electrons. The van der Waals surface area contributed by atoms with E-state index in [-0.39, 0.29) is 22.7 Å². The number of ketones is 1. The van der Waals surface area contributed by atoms with E-state index in [0.717, 1.165) is 0 Å². The lowest BCUT2D eigenvalue weighted by atomic mass is 9.86.